The number of carbonyl (C=O) groups is 2. The third-order valence-electron chi connectivity index (χ3n) is 3.60. The monoisotopic (exact) mass is 241 g/mol. The Morgan fingerprint density at radius 1 is 1.29 bits per heavy atom. The summed E-state index contributed by atoms with van der Waals surface area (Å²) in [4.78, 5) is 23.2. The second-order valence-corrected chi connectivity index (χ2v) is 6.16. The Morgan fingerprint density at radius 2 is 1.88 bits per heavy atom. The minimum Gasteiger partial charge on any atom is -0.480 e. The van der Waals surface area contributed by atoms with Crippen LogP contribution in [-0.2, 0) is 9.59 Å². The van der Waals surface area contributed by atoms with Gasteiger partial charge < -0.3 is 10.4 Å². The molecular formula is C13H23NO3. The SMILES string of the molecule is CC1CCCC1C(=O)N[C@@H](C(=O)O)C(C)(C)C. The Hall–Kier alpha value is -1.06. The van der Waals surface area contributed by atoms with Gasteiger partial charge in [-0.05, 0) is 24.2 Å². The Labute approximate surface area is 103 Å². The normalized spacial score (nSPS) is 26.6. The Kier molecular flexibility index (Phi) is 4.17. The van der Waals surface area contributed by atoms with Gasteiger partial charge >= 0.3 is 5.97 Å². The van der Waals surface area contributed by atoms with Gasteiger partial charge in [0.25, 0.3) is 0 Å². The van der Waals surface area contributed by atoms with E-state index in [1.54, 1.807) is 0 Å². The first-order valence-electron chi connectivity index (χ1n) is 6.26. The molecule has 4 heteroatoms. The highest BCUT2D eigenvalue weighted by Gasteiger charge is 2.36. The lowest BCUT2D eigenvalue weighted by molar-refractivity contribution is -0.145. The molecule has 0 aromatic heterocycles. The summed E-state index contributed by atoms with van der Waals surface area (Å²) in [6, 6.07) is -0.817. The van der Waals surface area contributed by atoms with Crippen LogP contribution >= 0.6 is 0 Å². The van der Waals surface area contributed by atoms with Crippen LogP contribution in [0.2, 0.25) is 0 Å². The number of carboxylic acids is 1. The van der Waals surface area contributed by atoms with E-state index in [0.29, 0.717) is 5.92 Å². The third-order valence-corrected chi connectivity index (χ3v) is 3.60. The second kappa shape index (κ2) is 5.07. The molecule has 2 unspecified atom stereocenters. The van der Waals surface area contributed by atoms with Crippen molar-refractivity contribution in [3.8, 4) is 0 Å². The van der Waals surface area contributed by atoms with E-state index in [-0.39, 0.29) is 11.8 Å². The van der Waals surface area contributed by atoms with Crippen molar-refractivity contribution in [2.45, 2.75) is 53.0 Å². The fraction of sp³-hybridized carbons (Fsp3) is 0.846. The molecule has 0 aromatic carbocycles. The molecule has 4 nitrogen and oxygen atoms in total. The van der Waals surface area contributed by atoms with E-state index in [1.165, 1.54) is 0 Å². The predicted octanol–water partition coefficient (Wildman–Crippen LogP) is 2.04. The number of carboxylic acid groups (broad SMARTS) is 1. The number of hydrogen-bond donors (Lipinski definition) is 2. The number of rotatable bonds is 3. The number of aliphatic carboxylic acids is 1. The van der Waals surface area contributed by atoms with Crippen molar-refractivity contribution in [1.29, 1.82) is 0 Å². The van der Waals surface area contributed by atoms with Crippen LogP contribution in [0, 0.1) is 17.3 Å². The molecule has 0 bridgehead atoms. The van der Waals surface area contributed by atoms with E-state index in [1.807, 2.05) is 20.8 Å². The van der Waals surface area contributed by atoms with Crippen LogP contribution in [0.1, 0.15) is 47.0 Å². The molecule has 2 N–H and O–H groups in total. The maximum atomic E-state index is 12.0. The van der Waals surface area contributed by atoms with Gasteiger partial charge in [0.15, 0.2) is 0 Å². The van der Waals surface area contributed by atoms with Crippen molar-refractivity contribution in [2.75, 3.05) is 0 Å². The standard InChI is InChI=1S/C13H23NO3/c1-8-6-5-7-9(8)11(15)14-10(12(16)17)13(2,3)4/h8-10H,5-7H2,1-4H3,(H,14,15)(H,16,17)/t8?,9?,10-/m0/s1. The lowest BCUT2D eigenvalue weighted by atomic mass is 9.86. The molecule has 98 valence electrons. The Bertz CT molecular complexity index is 306. The van der Waals surface area contributed by atoms with Crippen LogP contribution in [0.5, 0.6) is 0 Å². The average molecular weight is 241 g/mol. The van der Waals surface area contributed by atoms with Crippen LogP contribution in [0.15, 0.2) is 0 Å². The van der Waals surface area contributed by atoms with Gasteiger partial charge in [-0.2, -0.15) is 0 Å². The lowest BCUT2D eigenvalue weighted by Gasteiger charge is -2.29. The van der Waals surface area contributed by atoms with Crippen LogP contribution in [0.3, 0.4) is 0 Å². The third kappa shape index (κ3) is 3.45. The molecule has 0 radical (unpaired) electrons. The summed E-state index contributed by atoms with van der Waals surface area (Å²) >= 11 is 0. The van der Waals surface area contributed by atoms with E-state index in [4.69, 9.17) is 5.11 Å². The van der Waals surface area contributed by atoms with Gasteiger partial charge in [-0.3, -0.25) is 4.79 Å². The van der Waals surface area contributed by atoms with Gasteiger partial charge in [-0.15, -0.1) is 0 Å². The largest absolute Gasteiger partial charge is 0.480 e. The zero-order valence-corrected chi connectivity index (χ0v) is 11.1. The summed E-state index contributed by atoms with van der Waals surface area (Å²) in [6.45, 7) is 7.53. The first kappa shape index (κ1) is 14.0. The second-order valence-electron chi connectivity index (χ2n) is 6.16. The van der Waals surface area contributed by atoms with Gasteiger partial charge in [0, 0.05) is 5.92 Å². The summed E-state index contributed by atoms with van der Waals surface area (Å²) in [5.41, 5.74) is -0.469. The lowest BCUT2D eigenvalue weighted by Crippen LogP contribution is -2.51. The molecule has 1 saturated carbocycles. The summed E-state index contributed by atoms with van der Waals surface area (Å²) in [6.07, 6.45) is 3.00. The zero-order valence-electron chi connectivity index (χ0n) is 11.1. The van der Waals surface area contributed by atoms with E-state index in [9.17, 15) is 9.59 Å². The smallest absolute Gasteiger partial charge is 0.326 e. The van der Waals surface area contributed by atoms with Crippen LogP contribution in [0.25, 0.3) is 0 Å². The van der Waals surface area contributed by atoms with Crippen molar-refractivity contribution in [2.24, 2.45) is 17.3 Å². The Morgan fingerprint density at radius 3 is 2.24 bits per heavy atom. The molecule has 1 amide bonds. The fourth-order valence-electron chi connectivity index (χ4n) is 2.43. The molecular weight excluding hydrogens is 218 g/mol. The molecule has 17 heavy (non-hydrogen) atoms. The van der Waals surface area contributed by atoms with Gasteiger partial charge in [0.05, 0.1) is 0 Å². The van der Waals surface area contributed by atoms with Crippen molar-refractivity contribution in [3.63, 3.8) is 0 Å². The van der Waals surface area contributed by atoms with E-state index >= 15 is 0 Å². The quantitative estimate of drug-likeness (QED) is 0.794. The van der Waals surface area contributed by atoms with Gasteiger partial charge in [-0.1, -0.05) is 34.1 Å². The molecule has 1 rings (SSSR count). The van der Waals surface area contributed by atoms with Crippen molar-refractivity contribution in [1.82, 2.24) is 5.32 Å². The first-order valence-corrected chi connectivity index (χ1v) is 6.26. The number of amides is 1. The van der Waals surface area contributed by atoms with Gasteiger partial charge in [0.2, 0.25) is 5.91 Å². The van der Waals surface area contributed by atoms with Crippen LogP contribution < -0.4 is 5.32 Å². The maximum absolute atomic E-state index is 12.0. The van der Waals surface area contributed by atoms with Crippen LogP contribution in [-0.4, -0.2) is 23.0 Å². The number of hydrogen-bond acceptors (Lipinski definition) is 2. The van der Waals surface area contributed by atoms with Crippen molar-refractivity contribution >= 4 is 11.9 Å². The molecule has 1 aliphatic carbocycles. The highest BCUT2D eigenvalue weighted by molar-refractivity contribution is 5.85. The van der Waals surface area contributed by atoms with Crippen LogP contribution in [0.4, 0.5) is 0 Å². The average Bonchev–Trinajstić information content (AvgIpc) is 2.58. The summed E-state index contributed by atoms with van der Waals surface area (Å²) in [7, 11) is 0. The molecule has 0 saturated heterocycles. The van der Waals surface area contributed by atoms with Gasteiger partial charge in [-0.25, -0.2) is 4.79 Å². The topological polar surface area (TPSA) is 66.4 Å². The van der Waals surface area contributed by atoms with Crippen molar-refractivity contribution < 1.29 is 14.7 Å². The molecule has 1 fully saturated rings. The fourth-order valence-corrected chi connectivity index (χ4v) is 2.43. The molecule has 0 heterocycles. The summed E-state index contributed by atoms with van der Waals surface area (Å²) < 4.78 is 0. The number of carbonyl (C=O) groups excluding carboxylic acids is 1. The van der Waals surface area contributed by atoms with Crippen molar-refractivity contribution in [3.05, 3.63) is 0 Å². The predicted molar refractivity (Wildman–Crippen MR) is 65.5 cm³/mol. The van der Waals surface area contributed by atoms with E-state index < -0.39 is 17.4 Å². The molecule has 0 aromatic rings. The Balaban J connectivity index is 2.68. The first-order chi connectivity index (χ1) is 7.73. The minimum absolute atomic E-state index is 0.0146. The van der Waals surface area contributed by atoms with E-state index in [0.717, 1.165) is 19.3 Å². The van der Waals surface area contributed by atoms with Gasteiger partial charge in [0.1, 0.15) is 6.04 Å². The highest BCUT2D eigenvalue weighted by Crippen LogP contribution is 2.31. The molecule has 1 aliphatic rings. The summed E-state index contributed by atoms with van der Waals surface area (Å²) in [5, 5.41) is 11.8. The number of nitrogens with one attached hydrogen (secondary N) is 1. The molecule has 3 atom stereocenters. The highest BCUT2D eigenvalue weighted by atomic mass is 16.4. The van der Waals surface area contributed by atoms with E-state index in [2.05, 4.69) is 12.2 Å². The zero-order chi connectivity index (χ0) is 13.2. The minimum atomic E-state index is -0.962. The molecule has 0 spiro atoms. The summed E-state index contributed by atoms with van der Waals surface area (Å²) in [5.74, 6) is -0.711. The molecule has 0 aliphatic heterocycles. The maximum Gasteiger partial charge on any atom is 0.326 e.